The first-order valence-corrected chi connectivity index (χ1v) is 7.89. The smallest absolute Gasteiger partial charge is 0.275 e. The Balaban J connectivity index is 1.86. The fraction of sp³-hybridized carbons (Fsp3) is 0.125. The monoisotopic (exact) mass is 343 g/mol. The van der Waals surface area contributed by atoms with E-state index in [2.05, 4.69) is 20.3 Å². The van der Waals surface area contributed by atoms with Crippen LogP contribution >= 0.6 is 11.8 Å². The minimum absolute atomic E-state index is 0.165. The predicted molar refractivity (Wildman–Crippen MR) is 88.5 cm³/mol. The van der Waals surface area contributed by atoms with E-state index in [9.17, 15) is 9.18 Å². The zero-order valence-electron chi connectivity index (χ0n) is 13.0. The Morgan fingerprint density at radius 2 is 2.08 bits per heavy atom. The lowest BCUT2D eigenvalue weighted by molar-refractivity contribution is 0.102. The van der Waals surface area contributed by atoms with Gasteiger partial charge in [-0.15, -0.1) is 0 Å². The van der Waals surface area contributed by atoms with E-state index in [4.69, 9.17) is 0 Å². The van der Waals surface area contributed by atoms with Gasteiger partial charge >= 0.3 is 0 Å². The van der Waals surface area contributed by atoms with E-state index in [0.717, 1.165) is 5.16 Å². The SMILES string of the molecule is Cc1cnc(C(=O)Nc2cc(F)ccc2Sc2nccn2C)cn1. The molecule has 0 bridgehead atoms. The molecule has 6 nitrogen and oxygen atoms in total. The van der Waals surface area contributed by atoms with Gasteiger partial charge in [0.1, 0.15) is 11.5 Å². The van der Waals surface area contributed by atoms with E-state index < -0.39 is 11.7 Å². The summed E-state index contributed by atoms with van der Waals surface area (Å²) < 4.78 is 15.4. The molecule has 0 aliphatic carbocycles. The van der Waals surface area contributed by atoms with Crippen LogP contribution in [0.1, 0.15) is 16.2 Å². The van der Waals surface area contributed by atoms with E-state index in [0.29, 0.717) is 16.3 Å². The second kappa shape index (κ2) is 6.79. The van der Waals surface area contributed by atoms with E-state index in [-0.39, 0.29) is 5.69 Å². The summed E-state index contributed by atoms with van der Waals surface area (Å²) in [6.07, 6.45) is 6.37. The highest BCUT2D eigenvalue weighted by atomic mass is 32.2. The Morgan fingerprint density at radius 3 is 2.75 bits per heavy atom. The van der Waals surface area contributed by atoms with Crippen molar-refractivity contribution in [1.82, 2.24) is 19.5 Å². The lowest BCUT2D eigenvalue weighted by Crippen LogP contribution is -2.15. The summed E-state index contributed by atoms with van der Waals surface area (Å²) in [7, 11) is 1.86. The number of aryl methyl sites for hydroxylation is 2. The van der Waals surface area contributed by atoms with Crippen LogP contribution in [0.15, 0.2) is 53.0 Å². The quantitative estimate of drug-likeness (QED) is 0.788. The zero-order chi connectivity index (χ0) is 17.1. The molecule has 2 aromatic heterocycles. The van der Waals surface area contributed by atoms with Crippen LogP contribution in [0.2, 0.25) is 0 Å². The number of imidazole rings is 1. The van der Waals surface area contributed by atoms with E-state index >= 15 is 0 Å². The molecule has 1 amide bonds. The molecule has 0 unspecified atom stereocenters. The Bertz CT molecular complexity index is 878. The number of benzene rings is 1. The lowest BCUT2D eigenvalue weighted by atomic mass is 10.3. The zero-order valence-corrected chi connectivity index (χ0v) is 13.8. The van der Waals surface area contributed by atoms with Crippen molar-refractivity contribution < 1.29 is 9.18 Å². The van der Waals surface area contributed by atoms with Gasteiger partial charge in [0, 0.05) is 30.5 Å². The van der Waals surface area contributed by atoms with Crippen LogP contribution in [0.4, 0.5) is 10.1 Å². The van der Waals surface area contributed by atoms with Gasteiger partial charge in [0.15, 0.2) is 5.16 Å². The van der Waals surface area contributed by atoms with E-state index in [1.807, 2.05) is 17.8 Å². The molecule has 0 fully saturated rings. The third-order valence-electron chi connectivity index (χ3n) is 3.18. The minimum Gasteiger partial charge on any atom is -0.329 e. The molecule has 0 atom stereocenters. The van der Waals surface area contributed by atoms with Gasteiger partial charge in [0.2, 0.25) is 0 Å². The maximum absolute atomic E-state index is 13.6. The summed E-state index contributed by atoms with van der Waals surface area (Å²) in [4.78, 5) is 25.3. The molecule has 0 radical (unpaired) electrons. The van der Waals surface area contributed by atoms with Gasteiger partial charge in [-0.25, -0.2) is 14.4 Å². The van der Waals surface area contributed by atoms with Gasteiger partial charge in [-0.1, -0.05) is 0 Å². The Labute approximate surface area is 142 Å². The molecular weight excluding hydrogens is 329 g/mol. The first kappa shape index (κ1) is 16.1. The van der Waals surface area contributed by atoms with Gasteiger partial charge in [-0.05, 0) is 36.9 Å². The molecule has 3 rings (SSSR count). The molecule has 0 aliphatic heterocycles. The number of nitrogens with zero attached hydrogens (tertiary/aromatic N) is 4. The number of amides is 1. The average molecular weight is 343 g/mol. The topological polar surface area (TPSA) is 72.7 Å². The summed E-state index contributed by atoms with van der Waals surface area (Å²) in [6, 6.07) is 4.21. The van der Waals surface area contributed by atoms with Gasteiger partial charge in [-0.3, -0.25) is 9.78 Å². The number of carbonyl (C=O) groups is 1. The van der Waals surface area contributed by atoms with Crippen molar-refractivity contribution in [1.29, 1.82) is 0 Å². The molecule has 2 heterocycles. The maximum atomic E-state index is 13.6. The van der Waals surface area contributed by atoms with Crippen molar-refractivity contribution >= 4 is 23.4 Å². The molecular formula is C16H14FN5OS. The number of nitrogens with one attached hydrogen (secondary N) is 1. The molecule has 0 aliphatic rings. The summed E-state index contributed by atoms with van der Waals surface area (Å²) in [5.41, 5.74) is 1.23. The van der Waals surface area contributed by atoms with Crippen LogP contribution < -0.4 is 5.32 Å². The van der Waals surface area contributed by atoms with Crippen molar-refractivity contribution in [2.24, 2.45) is 7.05 Å². The molecule has 24 heavy (non-hydrogen) atoms. The van der Waals surface area contributed by atoms with Crippen LogP contribution in [0, 0.1) is 12.7 Å². The average Bonchev–Trinajstić information content (AvgIpc) is 2.95. The fourth-order valence-electron chi connectivity index (χ4n) is 1.93. The van der Waals surface area contributed by atoms with Crippen LogP contribution in [0.3, 0.4) is 0 Å². The Kier molecular flexibility index (Phi) is 4.57. The second-order valence-corrected chi connectivity index (χ2v) is 6.07. The fourth-order valence-corrected chi connectivity index (χ4v) is 2.80. The summed E-state index contributed by atoms with van der Waals surface area (Å²) >= 11 is 1.33. The second-order valence-electron chi connectivity index (χ2n) is 5.06. The highest BCUT2D eigenvalue weighted by Crippen LogP contribution is 2.33. The summed E-state index contributed by atoms with van der Waals surface area (Å²) in [6.45, 7) is 1.78. The van der Waals surface area contributed by atoms with Crippen molar-refractivity contribution in [2.45, 2.75) is 17.0 Å². The van der Waals surface area contributed by atoms with Crippen molar-refractivity contribution in [3.8, 4) is 0 Å². The molecule has 1 aromatic carbocycles. The first-order chi connectivity index (χ1) is 11.5. The van der Waals surface area contributed by atoms with Crippen LogP contribution in [0.5, 0.6) is 0 Å². The first-order valence-electron chi connectivity index (χ1n) is 7.07. The Hall–Kier alpha value is -2.74. The largest absolute Gasteiger partial charge is 0.329 e. The number of rotatable bonds is 4. The van der Waals surface area contributed by atoms with Crippen LogP contribution in [-0.4, -0.2) is 25.4 Å². The van der Waals surface area contributed by atoms with E-state index in [1.165, 1.54) is 36.3 Å². The predicted octanol–water partition coefficient (Wildman–Crippen LogP) is 3.06. The highest BCUT2D eigenvalue weighted by Gasteiger charge is 2.14. The minimum atomic E-state index is -0.449. The molecule has 0 saturated heterocycles. The molecule has 1 N–H and O–H groups in total. The standard InChI is InChI=1S/C16H14FN5OS/c1-10-8-20-13(9-19-10)15(23)21-12-7-11(17)3-4-14(12)24-16-18-5-6-22(16)2/h3-9H,1-2H3,(H,21,23). The highest BCUT2D eigenvalue weighted by molar-refractivity contribution is 7.99. The molecule has 8 heteroatoms. The van der Waals surface area contributed by atoms with E-state index in [1.54, 1.807) is 19.2 Å². The van der Waals surface area contributed by atoms with Crippen molar-refractivity contribution in [3.05, 3.63) is 60.2 Å². The number of aromatic nitrogens is 4. The van der Waals surface area contributed by atoms with Crippen LogP contribution in [0.25, 0.3) is 0 Å². The van der Waals surface area contributed by atoms with Crippen LogP contribution in [-0.2, 0) is 7.05 Å². The lowest BCUT2D eigenvalue weighted by Gasteiger charge is -2.10. The Morgan fingerprint density at radius 1 is 1.25 bits per heavy atom. The van der Waals surface area contributed by atoms with Gasteiger partial charge in [0.25, 0.3) is 5.91 Å². The summed E-state index contributed by atoms with van der Waals surface area (Å²) in [5, 5.41) is 3.41. The number of hydrogen-bond donors (Lipinski definition) is 1. The molecule has 0 saturated carbocycles. The van der Waals surface area contributed by atoms with Gasteiger partial charge < -0.3 is 9.88 Å². The third kappa shape index (κ3) is 3.60. The van der Waals surface area contributed by atoms with Gasteiger partial charge in [-0.2, -0.15) is 0 Å². The normalized spacial score (nSPS) is 10.6. The maximum Gasteiger partial charge on any atom is 0.275 e. The molecule has 0 spiro atoms. The number of anilines is 1. The molecule has 3 aromatic rings. The number of carbonyl (C=O) groups excluding carboxylic acids is 1. The molecule has 122 valence electrons. The third-order valence-corrected chi connectivity index (χ3v) is 4.33. The van der Waals surface area contributed by atoms with Gasteiger partial charge in [0.05, 0.1) is 17.6 Å². The number of halogens is 1. The van der Waals surface area contributed by atoms with Crippen molar-refractivity contribution in [3.63, 3.8) is 0 Å². The number of hydrogen-bond acceptors (Lipinski definition) is 5. The van der Waals surface area contributed by atoms with Crippen molar-refractivity contribution in [2.75, 3.05) is 5.32 Å². The summed E-state index contributed by atoms with van der Waals surface area (Å²) in [5.74, 6) is -0.890.